The Morgan fingerprint density at radius 1 is 1.29 bits per heavy atom. The van der Waals surface area contributed by atoms with E-state index in [1.165, 1.54) is 17.7 Å². The number of guanidine groups is 1. The lowest BCUT2D eigenvalue weighted by Gasteiger charge is -2.18. The lowest BCUT2D eigenvalue weighted by atomic mass is 10.4. The first kappa shape index (κ1) is 16.8. The van der Waals surface area contributed by atoms with Gasteiger partial charge in [-0.25, -0.2) is 0 Å². The minimum absolute atomic E-state index is 0.294. The zero-order valence-electron chi connectivity index (χ0n) is 14.1. The Morgan fingerprint density at radius 2 is 2.08 bits per heavy atom. The summed E-state index contributed by atoms with van der Waals surface area (Å²) < 4.78 is 5.40. The van der Waals surface area contributed by atoms with E-state index in [-0.39, 0.29) is 0 Å². The summed E-state index contributed by atoms with van der Waals surface area (Å²) in [6, 6.07) is 10.6. The Morgan fingerprint density at radius 3 is 2.71 bits per heavy atom. The van der Waals surface area contributed by atoms with Gasteiger partial charge in [0.25, 0.3) is 0 Å². The van der Waals surface area contributed by atoms with Gasteiger partial charge in [0.2, 0.25) is 5.89 Å². The number of hydrogen-bond donors (Lipinski definition) is 2. The molecule has 1 aromatic heterocycles. The molecule has 1 heterocycles. The van der Waals surface area contributed by atoms with Crippen LogP contribution in [0.3, 0.4) is 0 Å². The molecule has 2 N–H and O–H groups in total. The van der Waals surface area contributed by atoms with Crippen molar-refractivity contribution in [2.45, 2.75) is 35.8 Å². The minimum atomic E-state index is 0.294. The fraction of sp³-hybridized carbons (Fsp3) is 0.471. The largest absolute Gasteiger partial charge is 0.356 e. The smallest absolute Gasteiger partial charge is 0.228 e. The second kappa shape index (κ2) is 7.70. The van der Waals surface area contributed by atoms with Crippen LogP contribution in [-0.2, 0) is 6.42 Å². The predicted molar refractivity (Wildman–Crippen MR) is 96.4 cm³/mol. The van der Waals surface area contributed by atoms with Gasteiger partial charge in [0.15, 0.2) is 11.8 Å². The summed E-state index contributed by atoms with van der Waals surface area (Å²) >= 11 is 1.95. The van der Waals surface area contributed by atoms with E-state index >= 15 is 0 Å². The molecular weight excluding hydrogens is 322 g/mol. The number of aromatic nitrogens is 2. The Kier molecular flexibility index (Phi) is 5.40. The zero-order chi connectivity index (χ0) is 16.8. The van der Waals surface area contributed by atoms with Gasteiger partial charge >= 0.3 is 0 Å². The number of nitrogens with one attached hydrogen (secondary N) is 2. The normalized spacial score (nSPS) is 16.0. The number of hydrogen-bond acceptors (Lipinski definition) is 5. The molecule has 1 aromatic carbocycles. The first-order valence-electron chi connectivity index (χ1n) is 8.17. The molecule has 2 aromatic rings. The van der Waals surface area contributed by atoms with Gasteiger partial charge in [-0.05, 0) is 31.9 Å². The SMILES string of the molecule is CN=C(NCCc1nc(C)no1)NCC1(Sc2ccccc2)CC1. The highest BCUT2D eigenvalue weighted by atomic mass is 32.2. The first-order valence-corrected chi connectivity index (χ1v) is 8.99. The highest BCUT2D eigenvalue weighted by molar-refractivity contribution is 8.01. The van der Waals surface area contributed by atoms with Gasteiger partial charge in [-0.3, -0.25) is 4.99 Å². The van der Waals surface area contributed by atoms with Crippen molar-refractivity contribution >= 4 is 17.7 Å². The molecule has 0 atom stereocenters. The number of aliphatic imine (C=N–C) groups is 1. The van der Waals surface area contributed by atoms with Crippen molar-refractivity contribution in [3.05, 3.63) is 42.0 Å². The Hall–Kier alpha value is -2.02. The second-order valence-corrected chi connectivity index (χ2v) is 7.48. The van der Waals surface area contributed by atoms with Gasteiger partial charge in [0.1, 0.15) is 0 Å². The van der Waals surface area contributed by atoms with Gasteiger partial charge in [0, 0.05) is 36.2 Å². The highest BCUT2D eigenvalue weighted by Crippen LogP contribution is 2.51. The third-order valence-corrected chi connectivity index (χ3v) is 5.38. The molecule has 0 saturated heterocycles. The maximum absolute atomic E-state index is 5.11. The second-order valence-electron chi connectivity index (χ2n) is 5.94. The molecule has 0 unspecified atom stereocenters. The van der Waals surface area contributed by atoms with Crippen LogP contribution < -0.4 is 10.6 Å². The molecule has 0 bridgehead atoms. The molecule has 1 aliphatic rings. The summed E-state index contributed by atoms with van der Waals surface area (Å²) in [7, 11) is 1.79. The van der Waals surface area contributed by atoms with Crippen LogP contribution in [0.15, 0.2) is 44.7 Å². The van der Waals surface area contributed by atoms with Crippen molar-refractivity contribution < 1.29 is 4.52 Å². The van der Waals surface area contributed by atoms with Crippen LogP contribution in [0.5, 0.6) is 0 Å². The molecule has 1 saturated carbocycles. The lowest BCUT2D eigenvalue weighted by Crippen LogP contribution is -2.41. The summed E-state index contributed by atoms with van der Waals surface area (Å²) in [5, 5.41) is 10.5. The summed E-state index contributed by atoms with van der Waals surface area (Å²) in [5.74, 6) is 2.13. The van der Waals surface area contributed by atoms with E-state index in [0.717, 1.165) is 12.5 Å². The molecule has 0 radical (unpaired) electrons. The number of benzene rings is 1. The fourth-order valence-electron chi connectivity index (χ4n) is 2.39. The quantitative estimate of drug-likeness (QED) is 0.593. The molecule has 1 fully saturated rings. The van der Waals surface area contributed by atoms with Crippen LogP contribution in [-0.4, -0.2) is 41.0 Å². The lowest BCUT2D eigenvalue weighted by molar-refractivity contribution is 0.374. The van der Waals surface area contributed by atoms with Gasteiger partial charge in [-0.2, -0.15) is 4.98 Å². The van der Waals surface area contributed by atoms with E-state index < -0.39 is 0 Å². The van der Waals surface area contributed by atoms with Crippen molar-refractivity contribution in [3.8, 4) is 0 Å². The van der Waals surface area contributed by atoms with Crippen LogP contribution in [0.1, 0.15) is 24.6 Å². The average Bonchev–Trinajstić information content (AvgIpc) is 3.23. The van der Waals surface area contributed by atoms with Crippen molar-refractivity contribution in [1.82, 2.24) is 20.8 Å². The van der Waals surface area contributed by atoms with Crippen LogP contribution >= 0.6 is 11.8 Å². The summed E-state index contributed by atoms with van der Waals surface area (Å²) in [5.41, 5.74) is 0. The molecule has 1 aliphatic carbocycles. The molecule has 7 heteroatoms. The van der Waals surface area contributed by atoms with E-state index in [2.05, 4.69) is 56.1 Å². The average molecular weight is 345 g/mol. The third kappa shape index (κ3) is 4.74. The Bertz CT molecular complexity index is 681. The maximum atomic E-state index is 5.11. The van der Waals surface area contributed by atoms with Crippen LogP contribution in [0.4, 0.5) is 0 Å². The zero-order valence-corrected chi connectivity index (χ0v) is 14.9. The third-order valence-electron chi connectivity index (χ3n) is 3.89. The van der Waals surface area contributed by atoms with Gasteiger partial charge in [-0.1, -0.05) is 23.4 Å². The molecule has 0 aliphatic heterocycles. The number of thioether (sulfide) groups is 1. The molecule has 6 nitrogen and oxygen atoms in total. The van der Waals surface area contributed by atoms with Gasteiger partial charge in [0.05, 0.1) is 0 Å². The van der Waals surface area contributed by atoms with Crippen LogP contribution in [0, 0.1) is 6.92 Å². The van der Waals surface area contributed by atoms with Crippen molar-refractivity contribution in [2.24, 2.45) is 4.99 Å². The van der Waals surface area contributed by atoms with Gasteiger partial charge < -0.3 is 15.2 Å². The predicted octanol–water partition coefficient (Wildman–Crippen LogP) is 2.41. The fourth-order valence-corrected chi connectivity index (χ4v) is 3.63. The molecule has 0 spiro atoms. The summed E-state index contributed by atoms with van der Waals surface area (Å²) in [6.45, 7) is 3.44. The van der Waals surface area contributed by atoms with Gasteiger partial charge in [-0.15, -0.1) is 11.8 Å². The number of rotatable bonds is 7. The molecule has 3 rings (SSSR count). The number of aryl methyl sites for hydroxylation is 1. The Labute approximate surface area is 146 Å². The van der Waals surface area contributed by atoms with Crippen LogP contribution in [0.2, 0.25) is 0 Å². The standard InChI is InChI=1S/C17H23N5OS/c1-13-21-15(23-22-13)8-11-19-16(18-2)20-12-17(9-10-17)24-14-6-4-3-5-7-14/h3-7H,8-12H2,1-2H3,(H2,18,19,20). The van der Waals surface area contributed by atoms with E-state index in [0.29, 0.717) is 29.4 Å². The van der Waals surface area contributed by atoms with E-state index in [1.54, 1.807) is 7.05 Å². The molecule has 0 amide bonds. The van der Waals surface area contributed by atoms with E-state index in [4.69, 9.17) is 4.52 Å². The summed E-state index contributed by atoms with van der Waals surface area (Å²) in [6.07, 6.45) is 3.15. The highest BCUT2D eigenvalue weighted by Gasteiger charge is 2.43. The summed E-state index contributed by atoms with van der Waals surface area (Å²) in [4.78, 5) is 9.80. The van der Waals surface area contributed by atoms with Crippen molar-refractivity contribution in [1.29, 1.82) is 0 Å². The first-order chi connectivity index (χ1) is 11.7. The van der Waals surface area contributed by atoms with Crippen molar-refractivity contribution in [2.75, 3.05) is 20.1 Å². The molecule has 24 heavy (non-hydrogen) atoms. The monoisotopic (exact) mass is 345 g/mol. The van der Waals surface area contributed by atoms with E-state index in [1.807, 2.05) is 18.7 Å². The molecule has 128 valence electrons. The maximum Gasteiger partial charge on any atom is 0.228 e. The van der Waals surface area contributed by atoms with E-state index in [9.17, 15) is 0 Å². The Balaban J connectivity index is 1.42. The van der Waals surface area contributed by atoms with Crippen molar-refractivity contribution in [3.63, 3.8) is 0 Å². The van der Waals surface area contributed by atoms with Crippen LogP contribution in [0.25, 0.3) is 0 Å². The molecular formula is C17H23N5OS. The number of nitrogens with zero attached hydrogens (tertiary/aromatic N) is 3. The minimum Gasteiger partial charge on any atom is -0.356 e. The topological polar surface area (TPSA) is 75.3 Å².